The van der Waals surface area contributed by atoms with Crippen molar-refractivity contribution in [3.8, 4) is 0 Å². The molecule has 0 aromatic rings. The minimum absolute atomic E-state index is 0.169. The largest absolute Gasteiger partial charge is 0.496 e. The van der Waals surface area contributed by atoms with Gasteiger partial charge in [-0.15, -0.1) is 0 Å². The van der Waals surface area contributed by atoms with Crippen molar-refractivity contribution in [2.24, 2.45) is 0 Å². The predicted molar refractivity (Wildman–Crippen MR) is 108 cm³/mol. The monoisotopic (exact) mass is 372 g/mol. The van der Waals surface area contributed by atoms with Crippen LogP contribution in [0.1, 0.15) is 68.2 Å². The van der Waals surface area contributed by atoms with E-state index in [9.17, 15) is 0 Å². The molecule has 0 spiro atoms. The van der Waals surface area contributed by atoms with Crippen molar-refractivity contribution >= 4 is 8.56 Å². The standard InChI is InChI=1S/C20H40O4Si/c1-9-17(5)23-19(7)13-15-25(21-11-3,22-12-4)16-14-20(8)24-18(6)10-2/h9-10,19-20H,11-16H2,1-8H3/b17-9-,18-10-. The highest BCUT2D eigenvalue weighted by Crippen LogP contribution is 2.27. The fraction of sp³-hybridized carbons (Fsp3) is 0.800. The molecule has 2 atom stereocenters. The van der Waals surface area contributed by atoms with Gasteiger partial charge in [-0.25, -0.2) is 0 Å². The summed E-state index contributed by atoms with van der Waals surface area (Å²) in [4.78, 5) is 0. The fourth-order valence-corrected chi connectivity index (χ4v) is 6.37. The van der Waals surface area contributed by atoms with Crippen LogP contribution in [0.5, 0.6) is 0 Å². The molecule has 0 heterocycles. The summed E-state index contributed by atoms with van der Waals surface area (Å²) < 4.78 is 24.2. The van der Waals surface area contributed by atoms with E-state index < -0.39 is 8.56 Å². The third kappa shape index (κ3) is 10.7. The minimum Gasteiger partial charge on any atom is -0.496 e. The molecule has 4 nitrogen and oxygen atoms in total. The lowest BCUT2D eigenvalue weighted by molar-refractivity contribution is 0.113. The van der Waals surface area contributed by atoms with Crippen molar-refractivity contribution in [3.05, 3.63) is 23.7 Å². The molecule has 0 aromatic heterocycles. The number of ether oxygens (including phenoxy) is 2. The van der Waals surface area contributed by atoms with Crippen molar-refractivity contribution in [2.45, 2.75) is 92.5 Å². The maximum Gasteiger partial charge on any atom is 0.338 e. The van der Waals surface area contributed by atoms with Gasteiger partial charge in [-0.3, -0.25) is 0 Å². The molecule has 5 heteroatoms. The molecule has 0 aliphatic rings. The molecule has 0 bridgehead atoms. The molecule has 2 unspecified atom stereocenters. The molecule has 0 aliphatic carbocycles. The lowest BCUT2D eigenvalue weighted by Crippen LogP contribution is -2.43. The van der Waals surface area contributed by atoms with Crippen LogP contribution in [0.3, 0.4) is 0 Å². The lowest BCUT2D eigenvalue weighted by Gasteiger charge is -2.32. The summed E-state index contributed by atoms with van der Waals surface area (Å²) in [6, 6.07) is 1.89. The highest BCUT2D eigenvalue weighted by Gasteiger charge is 2.37. The van der Waals surface area contributed by atoms with Crippen molar-refractivity contribution < 1.29 is 18.3 Å². The zero-order valence-corrected chi connectivity index (χ0v) is 18.7. The van der Waals surface area contributed by atoms with Gasteiger partial charge in [-0.05, 0) is 92.5 Å². The third-order valence-corrected chi connectivity index (χ3v) is 8.00. The van der Waals surface area contributed by atoms with Crippen LogP contribution < -0.4 is 0 Å². The fourth-order valence-electron chi connectivity index (χ4n) is 2.72. The smallest absolute Gasteiger partial charge is 0.338 e. The Labute approximate surface area is 156 Å². The molecule has 0 amide bonds. The van der Waals surface area contributed by atoms with Crippen molar-refractivity contribution in [1.82, 2.24) is 0 Å². The van der Waals surface area contributed by atoms with Gasteiger partial charge in [0.2, 0.25) is 0 Å². The first-order chi connectivity index (χ1) is 11.8. The molecule has 0 fully saturated rings. The molecule has 0 aliphatic heterocycles. The SMILES string of the molecule is C/C=C(/C)OC(C)CC[Si](CCC(C)O/C(C)=C\C)(OCC)OCC. The van der Waals surface area contributed by atoms with Crippen molar-refractivity contribution in [3.63, 3.8) is 0 Å². The van der Waals surface area contributed by atoms with Gasteiger partial charge in [0, 0.05) is 13.2 Å². The van der Waals surface area contributed by atoms with Crippen LogP contribution in [-0.4, -0.2) is 34.0 Å². The maximum atomic E-state index is 6.21. The molecular weight excluding hydrogens is 332 g/mol. The first-order valence-corrected chi connectivity index (χ1v) is 11.9. The minimum atomic E-state index is -2.24. The van der Waals surface area contributed by atoms with E-state index in [4.69, 9.17) is 18.3 Å². The van der Waals surface area contributed by atoms with E-state index in [1.54, 1.807) is 0 Å². The van der Waals surface area contributed by atoms with E-state index in [2.05, 4.69) is 27.7 Å². The van der Waals surface area contributed by atoms with E-state index in [0.717, 1.165) is 36.4 Å². The second-order valence-electron chi connectivity index (χ2n) is 6.51. The number of rotatable bonds is 14. The van der Waals surface area contributed by atoms with Crippen LogP contribution in [0.2, 0.25) is 12.1 Å². The molecule has 0 aromatic carbocycles. The van der Waals surface area contributed by atoms with Gasteiger partial charge in [-0.1, -0.05) is 0 Å². The Hall–Kier alpha value is -0.783. The summed E-state index contributed by atoms with van der Waals surface area (Å²) >= 11 is 0. The zero-order chi connectivity index (χ0) is 19.3. The van der Waals surface area contributed by atoms with E-state index in [0.29, 0.717) is 13.2 Å². The average Bonchev–Trinajstić information content (AvgIpc) is 2.58. The summed E-state index contributed by atoms with van der Waals surface area (Å²) in [5.41, 5.74) is 0. The summed E-state index contributed by atoms with van der Waals surface area (Å²) in [7, 11) is -2.24. The third-order valence-electron chi connectivity index (χ3n) is 4.27. The molecule has 0 rings (SSSR count). The quantitative estimate of drug-likeness (QED) is 0.279. The average molecular weight is 373 g/mol. The molecule has 148 valence electrons. The van der Waals surface area contributed by atoms with Crippen LogP contribution in [0, 0.1) is 0 Å². The van der Waals surface area contributed by atoms with Gasteiger partial charge in [0.1, 0.15) is 0 Å². The summed E-state index contributed by atoms with van der Waals surface area (Å²) in [6.07, 6.45) is 6.22. The Morgan fingerprint density at radius 1 is 0.800 bits per heavy atom. The predicted octanol–water partition coefficient (Wildman–Crippen LogP) is 5.94. The summed E-state index contributed by atoms with van der Waals surface area (Å²) in [6.45, 7) is 17.7. The van der Waals surface area contributed by atoms with Gasteiger partial charge in [0.25, 0.3) is 0 Å². The van der Waals surface area contributed by atoms with Crippen LogP contribution in [0.25, 0.3) is 0 Å². The highest BCUT2D eigenvalue weighted by atomic mass is 28.4. The zero-order valence-electron chi connectivity index (χ0n) is 17.7. The Bertz CT molecular complexity index is 369. The van der Waals surface area contributed by atoms with E-state index in [1.165, 1.54) is 0 Å². The molecule has 25 heavy (non-hydrogen) atoms. The lowest BCUT2D eigenvalue weighted by atomic mass is 10.3. The summed E-state index contributed by atoms with van der Waals surface area (Å²) in [5.74, 6) is 1.94. The van der Waals surface area contributed by atoms with Gasteiger partial charge in [0.05, 0.1) is 23.7 Å². The molecular formula is C20H40O4Si. The van der Waals surface area contributed by atoms with E-state index in [-0.39, 0.29) is 12.2 Å². The number of hydrogen-bond acceptors (Lipinski definition) is 4. The van der Waals surface area contributed by atoms with Gasteiger partial charge in [0.15, 0.2) is 0 Å². The Kier molecular flexibility index (Phi) is 13.0. The second kappa shape index (κ2) is 13.4. The van der Waals surface area contributed by atoms with Crippen LogP contribution in [0.15, 0.2) is 23.7 Å². The first kappa shape index (κ1) is 24.2. The van der Waals surface area contributed by atoms with Gasteiger partial charge < -0.3 is 18.3 Å². The second-order valence-corrected chi connectivity index (χ2v) is 9.91. The number of hydrogen-bond donors (Lipinski definition) is 0. The van der Waals surface area contributed by atoms with Crippen molar-refractivity contribution in [2.75, 3.05) is 13.2 Å². The molecule has 0 radical (unpaired) electrons. The van der Waals surface area contributed by atoms with E-state index in [1.807, 2.05) is 39.8 Å². The van der Waals surface area contributed by atoms with Crippen LogP contribution >= 0.6 is 0 Å². The Morgan fingerprint density at radius 3 is 1.44 bits per heavy atom. The van der Waals surface area contributed by atoms with Crippen LogP contribution in [0.4, 0.5) is 0 Å². The summed E-state index contributed by atoms with van der Waals surface area (Å²) in [5, 5.41) is 0. The van der Waals surface area contributed by atoms with Gasteiger partial charge >= 0.3 is 8.56 Å². The van der Waals surface area contributed by atoms with Crippen molar-refractivity contribution in [1.29, 1.82) is 0 Å². The van der Waals surface area contributed by atoms with Gasteiger partial charge in [-0.2, -0.15) is 0 Å². The maximum absolute atomic E-state index is 6.21. The van der Waals surface area contributed by atoms with E-state index >= 15 is 0 Å². The normalized spacial score (nSPS) is 15.8. The van der Waals surface area contributed by atoms with Crippen LogP contribution in [-0.2, 0) is 18.3 Å². The number of allylic oxidation sites excluding steroid dienone is 4. The topological polar surface area (TPSA) is 36.9 Å². The molecule has 0 N–H and O–H groups in total. The Morgan fingerprint density at radius 2 is 1.16 bits per heavy atom. The Balaban J connectivity index is 4.80. The molecule has 0 saturated carbocycles. The molecule has 0 saturated heterocycles. The highest BCUT2D eigenvalue weighted by molar-refractivity contribution is 6.67. The first-order valence-electron chi connectivity index (χ1n) is 9.69.